The number of aliphatic hydroxyl groups is 1. The molecule has 114 valence electrons. The number of rotatable bonds is 12. The van der Waals surface area contributed by atoms with Gasteiger partial charge in [-0.2, -0.15) is 0 Å². The molecule has 0 amide bonds. The topological polar surface area (TPSA) is 23.5 Å². The van der Waals surface area contributed by atoms with Crippen LogP contribution in [0, 0.1) is 0 Å². The maximum absolute atomic E-state index is 9.17. The SMILES string of the molecule is OCCN(CCCCCCCCCBr)C1CCCC1. The summed E-state index contributed by atoms with van der Waals surface area (Å²) >= 11 is 3.48. The molecule has 0 heterocycles. The van der Waals surface area contributed by atoms with Crippen LogP contribution >= 0.6 is 15.9 Å². The average Bonchev–Trinajstić information content (AvgIpc) is 2.94. The molecular weight excluding hydrogens is 302 g/mol. The van der Waals surface area contributed by atoms with Gasteiger partial charge in [0.15, 0.2) is 0 Å². The standard InChI is InChI=1S/C16H32BrNO/c17-12-8-4-2-1-3-5-9-13-18(14-15-19)16-10-6-7-11-16/h16,19H,1-15H2. The van der Waals surface area contributed by atoms with Crippen molar-refractivity contribution in [3.8, 4) is 0 Å². The summed E-state index contributed by atoms with van der Waals surface area (Å²) in [4.78, 5) is 2.54. The van der Waals surface area contributed by atoms with Gasteiger partial charge in [-0.1, -0.05) is 60.9 Å². The van der Waals surface area contributed by atoms with Crippen molar-refractivity contribution in [3.05, 3.63) is 0 Å². The van der Waals surface area contributed by atoms with Gasteiger partial charge in [0.05, 0.1) is 6.61 Å². The minimum absolute atomic E-state index is 0.322. The molecule has 0 aromatic heterocycles. The monoisotopic (exact) mass is 333 g/mol. The third kappa shape index (κ3) is 8.31. The molecule has 0 aromatic rings. The summed E-state index contributed by atoms with van der Waals surface area (Å²) in [5.41, 5.74) is 0. The van der Waals surface area contributed by atoms with Crippen molar-refractivity contribution < 1.29 is 5.11 Å². The highest BCUT2D eigenvalue weighted by Crippen LogP contribution is 2.23. The highest BCUT2D eigenvalue weighted by atomic mass is 79.9. The molecule has 0 aliphatic heterocycles. The first kappa shape index (κ1) is 17.5. The summed E-state index contributed by atoms with van der Waals surface area (Å²) in [6.45, 7) is 2.41. The lowest BCUT2D eigenvalue weighted by molar-refractivity contribution is 0.149. The predicted molar refractivity (Wildman–Crippen MR) is 87.0 cm³/mol. The Balaban J connectivity index is 1.98. The van der Waals surface area contributed by atoms with Gasteiger partial charge >= 0.3 is 0 Å². The fourth-order valence-electron chi connectivity index (χ4n) is 3.17. The highest BCUT2D eigenvalue weighted by Gasteiger charge is 2.21. The summed E-state index contributed by atoms with van der Waals surface area (Å²) in [5, 5.41) is 10.3. The van der Waals surface area contributed by atoms with Gasteiger partial charge in [-0.15, -0.1) is 0 Å². The van der Waals surface area contributed by atoms with E-state index in [4.69, 9.17) is 0 Å². The van der Waals surface area contributed by atoms with Crippen molar-refractivity contribution in [1.29, 1.82) is 0 Å². The second kappa shape index (κ2) is 12.2. The first-order valence-corrected chi connectivity index (χ1v) is 9.41. The molecule has 1 saturated carbocycles. The quantitative estimate of drug-likeness (QED) is 0.424. The third-order valence-corrected chi connectivity index (χ3v) is 4.87. The highest BCUT2D eigenvalue weighted by molar-refractivity contribution is 9.09. The maximum Gasteiger partial charge on any atom is 0.0558 e. The Morgan fingerprint density at radius 1 is 0.842 bits per heavy atom. The third-order valence-electron chi connectivity index (χ3n) is 4.31. The van der Waals surface area contributed by atoms with Crippen LogP contribution in [0.4, 0.5) is 0 Å². The summed E-state index contributed by atoms with van der Waals surface area (Å²) < 4.78 is 0. The van der Waals surface area contributed by atoms with Crippen molar-refractivity contribution in [1.82, 2.24) is 4.90 Å². The van der Waals surface area contributed by atoms with E-state index in [9.17, 15) is 5.11 Å². The molecule has 0 bridgehead atoms. The van der Waals surface area contributed by atoms with Crippen LogP contribution < -0.4 is 0 Å². The molecule has 1 aliphatic carbocycles. The molecule has 19 heavy (non-hydrogen) atoms. The lowest BCUT2D eigenvalue weighted by atomic mass is 10.1. The van der Waals surface area contributed by atoms with Gasteiger partial charge < -0.3 is 5.11 Å². The van der Waals surface area contributed by atoms with E-state index in [1.807, 2.05) is 0 Å². The molecule has 0 unspecified atom stereocenters. The second-order valence-electron chi connectivity index (χ2n) is 5.86. The predicted octanol–water partition coefficient (Wildman–Crippen LogP) is 4.35. The van der Waals surface area contributed by atoms with Gasteiger partial charge in [0.25, 0.3) is 0 Å². The zero-order chi connectivity index (χ0) is 13.8. The molecule has 0 radical (unpaired) electrons. The maximum atomic E-state index is 9.17. The normalized spacial score (nSPS) is 16.6. The number of nitrogens with zero attached hydrogens (tertiary/aromatic N) is 1. The van der Waals surface area contributed by atoms with Crippen molar-refractivity contribution in [3.63, 3.8) is 0 Å². The molecule has 1 rings (SSSR count). The second-order valence-corrected chi connectivity index (χ2v) is 6.65. The Bertz CT molecular complexity index is 195. The van der Waals surface area contributed by atoms with Crippen LogP contribution in [0.1, 0.15) is 70.6 Å². The molecule has 1 fully saturated rings. The van der Waals surface area contributed by atoms with Crippen LogP contribution in [-0.2, 0) is 0 Å². The Kier molecular flexibility index (Phi) is 11.2. The first-order chi connectivity index (χ1) is 9.38. The minimum atomic E-state index is 0.322. The van der Waals surface area contributed by atoms with Crippen LogP contribution in [0.5, 0.6) is 0 Å². The lowest BCUT2D eigenvalue weighted by Crippen LogP contribution is -2.36. The number of hydrogen-bond donors (Lipinski definition) is 1. The molecule has 0 saturated heterocycles. The van der Waals surface area contributed by atoms with Gasteiger partial charge in [-0.05, 0) is 32.2 Å². The van der Waals surface area contributed by atoms with E-state index in [0.717, 1.165) is 17.9 Å². The summed E-state index contributed by atoms with van der Waals surface area (Å²) in [7, 11) is 0. The minimum Gasteiger partial charge on any atom is -0.395 e. The Labute approximate surface area is 128 Å². The molecular formula is C16H32BrNO. The molecule has 3 heteroatoms. The van der Waals surface area contributed by atoms with Crippen molar-refractivity contribution >= 4 is 15.9 Å². The Morgan fingerprint density at radius 3 is 2.00 bits per heavy atom. The van der Waals surface area contributed by atoms with Gasteiger partial charge in [-0.25, -0.2) is 0 Å². The van der Waals surface area contributed by atoms with E-state index < -0.39 is 0 Å². The number of halogens is 1. The van der Waals surface area contributed by atoms with Crippen molar-refractivity contribution in [2.45, 2.75) is 76.7 Å². The van der Waals surface area contributed by atoms with Crippen LogP contribution in [0.3, 0.4) is 0 Å². The number of alkyl halides is 1. The Morgan fingerprint density at radius 2 is 1.42 bits per heavy atom. The van der Waals surface area contributed by atoms with Crippen LogP contribution in [0.15, 0.2) is 0 Å². The number of hydrogen-bond acceptors (Lipinski definition) is 2. The fourth-order valence-corrected chi connectivity index (χ4v) is 3.56. The molecule has 0 aromatic carbocycles. The summed E-state index contributed by atoms with van der Waals surface area (Å²) in [6.07, 6.45) is 15.1. The van der Waals surface area contributed by atoms with Gasteiger partial charge in [0.2, 0.25) is 0 Å². The van der Waals surface area contributed by atoms with Crippen molar-refractivity contribution in [2.24, 2.45) is 0 Å². The smallest absolute Gasteiger partial charge is 0.0558 e. The largest absolute Gasteiger partial charge is 0.395 e. The summed E-state index contributed by atoms with van der Waals surface area (Å²) in [5.74, 6) is 0. The van der Waals surface area contributed by atoms with E-state index in [-0.39, 0.29) is 0 Å². The molecule has 2 nitrogen and oxygen atoms in total. The number of unbranched alkanes of at least 4 members (excludes halogenated alkanes) is 6. The lowest BCUT2D eigenvalue weighted by Gasteiger charge is -2.28. The zero-order valence-electron chi connectivity index (χ0n) is 12.5. The van der Waals surface area contributed by atoms with Gasteiger partial charge in [-0.3, -0.25) is 4.90 Å². The Hall–Kier alpha value is 0.400. The van der Waals surface area contributed by atoms with Crippen LogP contribution in [0.25, 0.3) is 0 Å². The summed E-state index contributed by atoms with van der Waals surface area (Å²) in [6, 6.07) is 0.770. The van der Waals surface area contributed by atoms with Gasteiger partial charge in [0, 0.05) is 17.9 Å². The first-order valence-electron chi connectivity index (χ1n) is 8.29. The van der Waals surface area contributed by atoms with E-state index in [1.54, 1.807) is 0 Å². The molecule has 0 atom stereocenters. The van der Waals surface area contributed by atoms with Gasteiger partial charge in [0.1, 0.15) is 0 Å². The van der Waals surface area contributed by atoms with E-state index >= 15 is 0 Å². The van der Waals surface area contributed by atoms with Crippen LogP contribution in [-0.4, -0.2) is 41.1 Å². The fraction of sp³-hybridized carbons (Fsp3) is 1.00. The van der Waals surface area contributed by atoms with E-state index in [2.05, 4.69) is 20.8 Å². The zero-order valence-corrected chi connectivity index (χ0v) is 14.0. The molecule has 1 N–H and O–H groups in total. The molecule has 0 spiro atoms. The number of aliphatic hydroxyl groups excluding tert-OH is 1. The average molecular weight is 334 g/mol. The molecule has 1 aliphatic rings. The van der Waals surface area contributed by atoms with Crippen molar-refractivity contribution in [2.75, 3.05) is 25.0 Å². The van der Waals surface area contributed by atoms with Crippen LogP contribution in [0.2, 0.25) is 0 Å². The van der Waals surface area contributed by atoms with E-state index in [1.165, 1.54) is 77.2 Å². The van der Waals surface area contributed by atoms with E-state index in [0.29, 0.717) is 6.61 Å².